The molecule has 1 aromatic rings. The van der Waals surface area contributed by atoms with Gasteiger partial charge >= 0.3 is 0 Å². The summed E-state index contributed by atoms with van der Waals surface area (Å²) in [6, 6.07) is 4.89. The fourth-order valence-electron chi connectivity index (χ4n) is 3.60. The number of carbonyl (C=O) groups is 1. The molecule has 0 saturated heterocycles. The van der Waals surface area contributed by atoms with Crippen LogP contribution in [0, 0.1) is 5.92 Å². The Balaban J connectivity index is 0.00000392. The smallest absolute Gasteiger partial charge is 0.243 e. The number of halogens is 1. The maximum absolute atomic E-state index is 12.8. The number of hydrogen-bond donors (Lipinski definition) is 3. The van der Waals surface area contributed by atoms with Crippen molar-refractivity contribution in [2.45, 2.75) is 57.4 Å². The summed E-state index contributed by atoms with van der Waals surface area (Å²) in [5, 5.41) is 6.06. The van der Waals surface area contributed by atoms with Gasteiger partial charge in [-0.2, -0.15) is 4.31 Å². The van der Waals surface area contributed by atoms with Crippen LogP contribution >= 0.6 is 12.4 Å². The van der Waals surface area contributed by atoms with Gasteiger partial charge in [0.05, 0.1) is 16.3 Å². The van der Waals surface area contributed by atoms with Gasteiger partial charge in [0.2, 0.25) is 15.9 Å². The van der Waals surface area contributed by atoms with Crippen molar-refractivity contribution in [1.82, 2.24) is 4.31 Å². The highest BCUT2D eigenvalue weighted by molar-refractivity contribution is 7.89. The lowest BCUT2D eigenvalue weighted by molar-refractivity contribution is -0.117. The van der Waals surface area contributed by atoms with E-state index in [0.29, 0.717) is 37.4 Å². The summed E-state index contributed by atoms with van der Waals surface area (Å²) < 4.78 is 27.0. The molecule has 0 unspecified atom stereocenters. The molecular formula is C19H33ClN4O3S. The standard InChI is InChI=1S/C19H32N4O3S.ClH/c1-4-21-17-11-10-15(27(25,26)23(5-2)6-3)13-18(17)22-19(24)12-14-8-7-9-16(14)20;/h10-11,13-14,16,21H,4-9,12,20H2,1-3H3,(H,22,24);1H/t14-,16+;/m0./s1. The minimum absolute atomic E-state index is 0. The quantitative estimate of drug-likeness (QED) is 0.556. The van der Waals surface area contributed by atoms with Crippen LogP contribution in [0.15, 0.2) is 23.1 Å². The number of anilines is 2. The highest BCUT2D eigenvalue weighted by Crippen LogP contribution is 2.30. The zero-order valence-corrected chi connectivity index (χ0v) is 18.5. The summed E-state index contributed by atoms with van der Waals surface area (Å²) in [5.74, 6) is 0.0593. The largest absolute Gasteiger partial charge is 0.384 e. The van der Waals surface area contributed by atoms with Crippen molar-refractivity contribution >= 4 is 39.7 Å². The lowest BCUT2D eigenvalue weighted by Crippen LogP contribution is -2.31. The number of amides is 1. The Morgan fingerprint density at radius 2 is 1.86 bits per heavy atom. The van der Waals surface area contributed by atoms with E-state index in [9.17, 15) is 13.2 Å². The number of hydrogen-bond acceptors (Lipinski definition) is 5. The molecule has 7 nitrogen and oxygen atoms in total. The van der Waals surface area contributed by atoms with Crippen LogP contribution in [0.25, 0.3) is 0 Å². The third-order valence-corrected chi connectivity index (χ3v) is 7.19. The first-order valence-corrected chi connectivity index (χ1v) is 11.2. The van der Waals surface area contributed by atoms with Crippen LogP contribution in [0.2, 0.25) is 0 Å². The zero-order chi connectivity index (χ0) is 20.0. The van der Waals surface area contributed by atoms with Gasteiger partial charge in [-0.1, -0.05) is 20.3 Å². The van der Waals surface area contributed by atoms with E-state index < -0.39 is 10.0 Å². The van der Waals surface area contributed by atoms with Gasteiger partial charge in [-0.15, -0.1) is 12.4 Å². The third kappa shape index (κ3) is 5.83. The van der Waals surface area contributed by atoms with Gasteiger partial charge in [0.1, 0.15) is 0 Å². The predicted octanol–water partition coefficient (Wildman–Crippen LogP) is 3.03. The summed E-state index contributed by atoms with van der Waals surface area (Å²) >= 11 is 0. The number of carbonyl (C=O) groups excluding carboxylic acids is 1. The van der Waals surface area contributed by atoms with E-state index in [1.807, 2.05) is 20.8 Å². The van der Waals surface area contributed by atoms with E-state index in [2.05, 4.69) is 10.6 Å². The van der Waals surface area contributed by atoms with Crippen molar-refractivity contribution in [1.29, 1.82) is 0 Å². The van der Waals surface area contributed by atoms with Crippen LogP contribution < -0.4 is 16.4 Å². The molecule has 0 heterocycles. The van der Waals surface area contributed by atoms with Crippen LogP contribution in [0.5, 0.6) is 0 Å². The van der Waals surface area contributed by atoms with Crippen LogP contribution in [0.1, 0.15) is 46.5 Å². The molecule has 1 saturated carbocycles. The second-order valence-corrected chi connectivity index (χ2v) is 8.87. The van der Waals surface area contributed by atoms with Crippen LogP contribution in [0.4, 0.5) is 11.4 Å². The zero-order valence-electron chi connectivity index (χ0n) is 16.9. The summed E-state index contributed by atoms with van der Waals surface area (Å²) in [7, 11) is -3.59. The number of nitrogens with two attached hydrogens (primary N) is 1. The van der Waals surface area contributed by atoms with Crippen LogP contribution in [-0.2, 0) is 14.8 Å². The van der Waals surface area contributed by atoms with Crippen molar-refractivity contribution in [2.75, 3.05) is 30.3 Å². The Morgan fingerprint density at radius 3 is 2.39 bits per heavy atom. The predicted molar refractivity (Wildman–Crippen MR) is 117 cm³/mol. The molecule has 0 aromatic heterocycles. The maximum Gasteiger partial charge on any atom is 0.243 e. The Bertz CT molecular complexity index is 754. The van der Waals surface area contributed by atoms with E-state index >= 15 is 0 Å². The van der Waals surface area contributed by atoms with Gasteiger partial charge < -0.3 is 16.4 Å². The number of nitrogens with one attached hydrogen (secondary N) is 2. The molecule has 160 valence electrons. The van der Waals surface area contributed by atoms with Crippen molar-refractivity contribution in [3.8, 4) is 0 Å². The molecule has 0 bridgehead atoms. The fraction of sp³-hybridized carbons (Fsp3) is 0.632. The topological polar surface area (TPSA) is 105 Å². The number of benzene rings is 1. The monoisotopic (exact) mass is 432 g/mol. The summed E-state index contributed by atoms with van der Waals surface area (Å²) in [6.45, 7) is 7.02. The second kappa shape index (κ2) is 11.0. The highest BCUT2D eigenvalue weighted by Gasteiger charge is 2.27. The van der Waals surface area contributed by atoms with Crippen LogP contribution in [-0.4, -0.2) is 44.3 Å². The van der Waals surface area contributed by atoms with Crippen molar-refractivity contribution in [3.05, 3.63) is 18.2 Å². The van der Waals surface area contributed by atoms with Gasteiger partial charge in [0.15, 0.2) is 0 Å². The number of sulfonamides is 1. The molecule has 0 aliphatic heterocycles. The molecule has 1 aliphatic carbocycles. The lowest BCUT2D eigenvalue weighted by Gasteiger charge is -2.21. The van der Waals surface area contributed by atoms with Gasteiger partial charge in [-0.3, -0.25) is 4.79 Å². The third-order valence-electron chi connectivity index (χ3n) is 5.14. The summed E-state index contributed by atoms with van der Waals surface area (Å²) in [6.07, 6.45) is 3.34. The first-order valence-electron chi connectivity index (χ1n) is 9.76. The van der Waals surface area contributed by atoms with Crippen molar-refractivity contribution < 1.29 is 13.2 Å². The average Bonchev–Trinajstić information content (AvgIpc) is 3.02. The van der Waals surface area contributed by atoms with E-state index in [1.165, 1.54) is 10.4 Å². The first-order chi connectivity index (χ1) is 12.8. The summed E-state index contributed by atoms with van der Waals surface area (Å²) in [4.78, 5) is 12.7. The van der Waals surface area contributed by atoms with E-state index in [0.717, 1.165) is 19.3 Å². The number of nitrogens with zero attached hydrogens (tertiary/aromatic N) is 1. The molecule has 1 fully saturated rings. The molecule has 1 amide bonds. The lowest BCUT2D eigenvalue weighted by atomic mass is 10.00. The minimum Gasteiger partial charge on any atom is -0.384 e. The SMILES string of the molecule is CCNc1ccc(S(=O)(=O)N(CC)CC)cc1NC(=O)C[C@@H]1CCC[C@H]1N.Cl. The van der Waals surface area contributed by atoms with Gasteiger partial charge in [0.25, 0.3) is 0 Å². The summed E-state index contributed by atoms with van der Waals surface area (Å²) in [5.41, 5.74) is 7.26. The molecule has 9 heteroatoms. The fourth-order valence-corrected chi connectivity index (χ4v) is 5.09. The van der Waals surface area contributed by atoms with Crippen molar-refractivity contribution in [2.24, 2.45) is 11.7 Å². The van der Waals surface area contributed by atoms with Crippen LogP contribution in [0.3, 0.4) is 0 Å². The first kappa shape index (κ1) is 24.7. The molecular weight excluding hydrogens is 400 g/mol. The minimum atomic E-state index is -3.59. The normalized spacial score (nSPS) is 19.3. The van der Waals surface area contributed by atoms with Crippen molar-refractivity contribution in [3.63, 3.8) is 0 Å². The Morgan fingerprint density at radius 1 is 1.18 bits per heavy atom. The Hall–Kier alpha value is -1.35. The highest BCUT2D eigenvalue weighted by atomic mass is 35.5. The number of rotatable bonds is 9. The maximum atomic E-state index is 12.8. The molecule has 0 radical (unpaired) electrons. The van der Waals surface area contributed by atoms with E-state index in [4.69, 9.17) is 5.73 Å². The second-order valence-electron chi connectivity index (χ2n) is 6.93. The van der Waals surface area contributed by atoms with E-state index in [1.54, 1.807) is 12.1 Å². The molecule has 4 N–H and O–H groups in total. The molecule has 1 aliphatic rings. The molecule has 2 atom stereocenters. The van der Waals surface area contributed by atoms with E-state index in [-0.39, 0.29) is 35.2 Å². The molecule has 2 rings (SSSR count). The average molecular weight is 433 g/mol. The van der Waals surface area contributed by atoms with Gasteiger partial charge in [0, 0.05) is 32.1 Å². The Labute approximate surface area is 174 Å². The molecule has 28 heavy (non-hydrogen) atoms. The van der Waals surface area contributed by atoms with Gasteiger partial charge in [-0.05, 0) is 43.9 Å². The molecule has 1 aromatic carbocycles. The van der Waals surface area contributed by atoms with Gasteiger partial charge in [-0.25, -0.2) is 8.42 Å². The molecule has 0 spiro atoms. The Kier molecular flexibility index (Phi) is 9.69.